The minimum Gasteiger partial charge on any atom is -0.430 e. The summed E-state index contributed by atoms with van der Waals surface area (Å²) in [6.07, 6.45) is 0. The number of benzene rings is 1. The zero-order chi connectivity index (χ0) is 13.8. The lowest BCUT2D eigenvalue weighted by Crippen LogP contribution is -2.21. The Hall–Kier alpha value is -0.880. The van der Waals surface area contributed by atoms with Gasteiger partial charge in [-0.25, -0.2) is 0 Å². The summed E-state index contributed by atoms with van der Waals surface area (Å²) in [5.41, 5.74) is 0. The quantitative estimate of drug-likeness (QED) is 0.900. The second-order valence-corrected chi connectivity index (χ2v) is 6.01. The molecule has 2 rings (SSSR count). The average Bonchev–Trinajstić information content (AvgIpc) is 2.79. The molecule has 0 saturated heterocycles. The van der Waals surface area contributed by atoms with Crippen LogP contribution in [0.15, 0.2) is 18.2 Å². The monoisotopic (exact) mass is 317 g/mol. The van der Waals surface area contributed by atoms with Gasteiger partial charge in [0.2, 0.25) is 0 Å². The molecule has 0 amide bonds. The van der Waals surface area contributed by atoms with Crippen molar-refractivity contribution in [1.29, 1.82) is 0 Å². The van der Waals surface area contributed by atoms with Crippen LogP contribution in [0.5, 0.6) is 10.9 Å². The van der Waals surface area contributed by atoms with Gasteiger partial charge in [0, 0.05) is 12.1 Å². The Balaban J connectivity index is 2.01. The molecule has 0 fully saturated rings. The number of nitrogens with zero attached hydrogens (tertiary/aromatic N) is 2. The molecule has 1 aromatic carbocycles. The van der Waals surface area contributed by atoms with Crippen LogP contribution in [0.4, 0.5) is 0 Å². The van der Waals surface area contributed by atoms with E-state index in [1.54, 1.807) is 18.2 Å². The van der Waals surface area contributed by atoms with E-state index in [2.05, 4.69) is 29.4 Å². The van der Waals surface area contributed by atoms with Crippen LogP contribution in [0.1, 0.15) is 18.9 Å². The summed E-state index contributed by atoms with van der Waals surface area (Å²) in [6.45, 7) is 4.84. The molecule has 2 aromatic rings. The lowest BCUT2D eigenvalue weighted by Gasteiger charge is -2.04. The molecule has 7 heteroatoms. The Kier molecular flexibility index (Phi) is 4.99. The smallest absolute Gasteiger partial charge is 0.299 e. The second kappa shape index (κ2) is 6.52. The van der Waals surface area contributed by atoms with Crippen molar-refractivity contribution in [3.05, 3.63) is 33.3 Å². The number of ether oxygens (including phenoxy) is 1. The van der Waals surface area contributed by atoms with Crippen molar-refractivity contribution in [2.45, 2.75) is 26.4 Å². The Morgan fingerprint density at radius 3 is 2.74 bits per heavy atom. The first-order chi connectivity index (χ1) is 9.04. The number of halogens is 2. The SMILES string of the molecule is CC(C)NCc1nnc(Oc2ccc(Cl)c(Cl)c2)s1. The first-order valence-corrected chi connectivity index (χ1v) is 7.30. The largest absolute Gasteiger partial charge is 0.430 e. The maximum Gasteiger partial charge on any atom is 0.299 e. The van der Waals surface area contributed by atoms with Crippen LogP contribution in [-0.4, -0.2) is 16.2 Å². The molecule has 0 saturated carbocycles. The molecule has 4 nitrogen and oxygen atoms in total. The summed E-state index contributed by atoms with van der Waals surface area (Å²) in [7, 11) is 0. The van der Waals surface area contributed by atoms with E-state index >= 15 is 0 Å². The zero-order valence-electron chi connectivity index (χ0n) is 10.5. The zero-order valence-corrected chi connectivity index (χ0v) is 12.8. The molecule has 1 heterocycles. The number of aromatic nitrogens is 2. The van der Waals surface area contributed by atoms with E-state index in [-0.39, 0.29) is 0 Å². The normalized spacial score (nSPS) is 11.0. The van der Waals surface area contributed by atoms with E-state index in [1.807, 2.05) is 0 Å². The van der Waals surface area contributed by atoms with Crippen LogP contribution < -0.4 is 10.1 Å². The van der Waals surface area contributed by atoms with E-state index in [4.69, 9.17) is 27.9 Å². The van der Waals surface area contributed by atoms with Crippen LogP contribution in [0, 0.1) is 0 Å². The Morgan fingerprint density at radius 2 is 2.05 bits per heavy atom. The number of rotatable bonds is 5. The summed E-state index contributed by atoms with van der Waals surface area (Å²) >= 11 is 13.1. The molecule has 0 aliphatic rings. The van der Waals surface area contributed by atoms with Gasteiger partial charge in [-0.3, -0.25) is 0 Å². The van der Waals surface area contributed by atoms with Gasteiger partial charge >= 0.3 is 0 Å². The van der Waals surface area contributed by atoms with Gasteiger partial charge in [0.15, 0.2) is 0 Å². The first kappa shape index (κ1) is 14.5. The second-order valence-electron chi connectivity index (χ2n) is 4.18. The van der Waals surface area contributed by atoms with Gasteiger partial charge in [-0.2, -0.15) is 0 Å². The van der Waals surface area contributed by atoms with Crippen molar-refractivity contribution in [2.75, 3.05) is 0 Å². The van der Waals surface area contributed by atoms with Gasteiger partial charge in [-0.1, -0.05) is 53.5 Å². The van der Waals surface area contributed by atoms with Crippen molar-refractivity contribution in [3.63, 3.8) is 0 Å². The summed E-state index contributed by atoms with van der Waals surface area (Å²) in [6, 6.07) is 5.48. The number of nitrogens with one attached hydrogen (secondary N) is 1. The molecule has 1 aromatic heterocycles. The highest BCUT2D eigenvalue weighted by atomic mass is 35.5. The van der Waals surface area contributed by atoms with Gasteiger partial charge < -0.3 is 10.1 Å². The van der Waals surface area contributed by atoms with Crippen molar-refractivity contribution < 1.29 is 4.74 Å². The van der Waals surface area contributed by atoms with Crippen LogP contribution in [0.3, 0.4) is 0 Å². The summed E-state index contributed by atoms with van der Waals surface area (Å²) in [4.78, 5) is 0. The molecule has 0 aliphatic carbocycles. The Morgan fingerprint density at radius 1 is 1.26 bits per heavy atom. The topological polar surface area (TPSA) is 47.0 Å². The third-order valence-electron chi connectivity index (χ3n) is 2.21. The highest BCUT2D eigenvalue weighted by Gasteiger charge is 2.08. The predicted molar refractivity (Wildman–Crippen MR) is 78.4 cm³/mol. The molecular formula is C12H13Cl2N3OS. The fourth-order valence-corrected chi connectivity index (χ4v) is 2.23. The van der Waals surface area contributed by atoms with Crippen LogP contribution in [0.2, 0.25) is 10.0 Å². The molecule has 0 unspecified atom stereocenters. The Labute approximate surface area is 125 Å². The summed E-state index contributed by atoms with van der Waals surface area (Å²) in [5.74, 6) is 0.592. The molecule has 0 aliphatic heterocycles. The molecule has 1 N–H and O–H groups in total. The minimum atomic E-state index is 0.406. The van der Waals surface area contributed by atoms with Gasteiger partial charge in [-0.05, 0) is 12.1 Å². The third kappa shape index (κ3) is 4.31. The third-order valence-corrected chi connectivity index (χ3v) is 3.75. The summed E-state index contributed by atoms with van der Waals surface area (Å²) < 4.78 is 5.58. The van der Waals surface area contributed by atoms with Crippen molar-refractivity contribution >= 4 is 34.5 Å². The standard InChI is InChI=1S/C12H13Cl2N3OS/c1-7(2)15-6-11-16-17-12(19-11)18-8-3-4-9(13)10(14)5-8/h3-5,7,15H,6H2,1-2H3. The highest BCUT2D eigenvalue weighted by molar-refractivity contribution is 7.13. The van der Waals surface area contributed by atoms with Crippen LogP contribution in [-0.2, 0) is 6.54 Å². The van der Waals surface area contributed by atoms with E-state index in [1.165, 1.54) is 11.3 Å². The van der Waals surface area contributed by atoms with Crippen molar-refractivity contribution in [3.8, 4) is 10.9 Å². The summed E-state index contributed by atoms with van der Waals surface area (Å²) in [5, 5.41) is 13.6. The molecular weight excluding hydrogens is 305 g/mol. The van der Waals surface area contributed by atoms with Crippen LogP contribution >= 0.6 is 34.5 Å². The molecule has 0 atom stereocenters. The predicted octanol–water partition coefficient (Wildman–Crippen LogP) is 4.14. The number of hydrogen-bond acceptors (Lipinski definition) is 5. The lowest BCUT2D eigenvalue weighted by atomic mass is 10.3. The van der Waals surface area contributed by atoms with E-state index in [0.29, 0.717) is 33.6 Å². The molecule has 19 heavy (non-hydrogen) atoms. The maximum absolute atomic E-state index is 5.92. The van der Waals surface area contributed by atoms with E-state index in [9.17, 15) is 0 Å². The highest BCUT2D eigenvalue weighted by Crippen LogP contribution is 2.30. The van der Waals surface area contributed by atoms with E-state index < -0.39 is 0 Å². The lowest BCUT2D eigenvalue weighted by molar-refractivity contribution is 0.473. The van der Waals surface area contributed by atoms with Gasteiger partial charge in [0.05, 0.1) is 16.6 Å². The van der Waals surface area contributed by atoms with Gasteiger partial charge in [0.25, 0.3) is 5.19 Å². The maximum atomic E-state index is 5.92. The molecule has 102 valence electrons. The fourth-order valence-electron chi connectivity index (χ4n) is 1.28. The van der Waals surface area contributed by atoms with Crippen molar-refractivity contribution in [1.82, 2.24) is 15.5 Å². The number of hydrogen-bond donors (Lipinski definition) is 1. The Bertz CT molecular complexity index is 560. The molecule has 0 bridgehead atoms. The average molecular weight is 318 g/mol. The fraction of sp³-hybridized carbons (Fsp3) is 0.333. The van der Waals surface area contributed by atoms with Gasteiger partial charge in [-0.15, -0.1) is 5.10 Å². The first-order valence-electron chi connectivity index (χ1n) is 5.73. The minimum absolute atomic E-state index is 0.406. The molecule has 0 spiro atoms. The van der Waals surface area contributed by atoms with Crippen LogP contribution in [0.25, 0.3) is 0 Å². The molecule has 0 radical (unpaired) electrons. The van der Waals surface area contributed by atoms with E-state index in [0.717, 1.165) is 5.01 Å². The van der Waals surface area contributed by atoms with Crippen molar-refractivity contribution in [2.24, 2.45) is 0 Å². The van der Waals surface area contributed by atoms with Gasteiger partial charge in [0.1, 0.15) is 10.8 Å².